The summed E-state index contributed by atoms with van der Waals surface area (Å²) in [7, 11) is 0. The third-order valence-corrected chi connectivity index (χ3v) is 3.77. The van der Waals surface area contributed by atoms with E-state index in [0.29, 0.717) is 12.1 Å². The van der Waals surface area contributed by atoms with Crippen LogP contribution in [0.15, 0.2) is 48.7 Å². The molecule has 1 aromatic heterocycles. The summed E-state index contributed by atoms with van der Waals surface area (Å²) in [6.45, 7) is 2.03. The lowest BCUT2D eigenvalue weighted by atomic mass is 10.0. The van der Waals surface area contributed by atoms with Gasteiger partial charge in [0.05, 0.1) is 11.7 Å². The lowest BCUT2D eigenvalue weighted by Gasteiger charge is -2.15. The van der Waals surface area contributed by atoms with Gasteiger partial charge in [-0.15, -0.1) is 0 Å². The average molecular weight is 283 g/mol. The van der Waals surface area contributed by atoms with E-state index in [0.717, 1.165) is 22.9 Å². The van der Waals surface area contributed by atoms with E-state index in [-0.39, 0.29) is 11.9 Å². The number of hydrogen-bond donors (Lipinski definition) is 1. The van der Waals surface area contributed by atoms with E-state index in [1.807, 2.05) is 37.3 Å². The van der Waals surface area contributed by atoms with Crippen LogP contribution in [0, 0.1) is 5.82 Å². The molecule has 1 unspecified atom stereocenters. The van der Waals surface area contributed by atoms with Crippen molar-refractivity contribution < 1.29 is 4.39 Å². The van der Waals surface area contributed by atoms with E-state index in [2.05, 4.69) is 5.10 Å². The minimum absolute atomic E-state index is 0.0207. The van der Waals surface area contributed by atoms with Gasteiger partial charge >= 0.3 is 0 Å². The number of rotatable bonds is 4. The number of nitrogens with two attached hydrogens (primary N) is 1. The van der Waals surface area contributed by atoms with Crippen molar-refractivity contribution in [1.82, 2.24) is 9.78 Å². The summed E-state index contributed by atoms with van der Waals surface area (Å²) < 4.78 is 16.1. The normalized spacial score (nSPS) is 12.7. The van der Waals surface area contributed by atoms with Crippen molar-refractivity contribution in [2.45, 2.75) is 25.8 Å². The largest absolute Gasteiger partial charge is 0.327 e. The Bertz CT molecular complexity index is 764. The van der Waals surface area contributed by atoms with Crippen molar-refractivity contribution in [3.05, 3.63) is 60.0 Å². The maximum atomic E-state index is 14.4. The van der Waals surface area contributed by atoms with Gasteiger partial charge in [-0.1, -0.05) is 37.3 Å². The molecule has 3 nitrogen and oxygen atoms in total. The number of halogens is 1. The molecule has 2 aromatic carbocycles. The van der Waals surface area contributed by atoms with Crippen LogP contribution in [0.1, 0.15) is 18.9 Å². The first-order valence-corrected chi connectivity index (χ1v) is 7.16. The molecule has 0 saturated heterocycles. The molecule has 3 rings (SSSR count). The number of para-hydroxylation sites is 2. The summed E-state index contributed by atoms with van der Waals surface area (Å²) >= 11 is 0. The first-order chi connectivity index (χ1) is 10.2. The van der Waals surface area contributed by atoms with Crippen LogP contribution < -0.4 is 5.73 Å². The highest BCUT2D eigenvalue weighted by molar-refractivity contribution is 5.80. The van der Waals surface area contributed by atoms with Crippen LogP contribution in [0.3, 0.4) is 0 Å². The minimum atomic E-state index is -0.273. The van der Waals surface area contributed by atoms with Crippen molar-refractivity contribution >= 4 is 10.9 Å². The number of hydrogen-bond acceptors (Lipinski definition) is 2. The number of aromatic nitrogens is 2. The molecule has 21 heavy (non-hydrogen) atoms. The standard InChI is InChI=1S/C17H18FN3/c1-2-14(19)10-12-7-5-8-15(18)17(12)21-16-9-4-3-6-13(16)11-20-21/h3-9,11,14H,2,10,19H2,1H3. The molecule has 3 aromatic rings. The molecule has 0 spiro atoms. The lowest BCUT2D eigenvalue weighted by Crippen LogP contribution is -2.22. The van der Waals surface area contributed by atoms with Gasteiger partial charge in [0, 0.05) is 11.4 Å². The van der Waals surface area contributed by atoms with Crippen LogP contribution in [0.4, 0.5) is 4.39 Å². The van der Waals surface area contributed by atoms with Crippen molar-refractivity contribution in [3.63, 3.8) is 0 Å². The Balaban J connectivity index is 2.17. The van der Waals surface area contributed by atoms with Crippen molar-refractivity contribution in [3.8, 4) is 5.69 Å². The molecule has 0 aliphatic rings. The van der Waals surface area contributed by atoms with Gasteiger partial charge in [-0.3, -0.25) is 0 Å². The van der Waals surface area contributed by atoms with E-state index >= 15 is 0 Å². The van der Waals surface area contributed by atoms with Crippen LogP contribution in [0.5, 0.6) is 0 Å². The average Bonchev–Trinajstić information content (AvgIpc) is 2.91. The smallest absolute Gasteiger partial charge is 0.149 e. The maximum absolute atomic E-state index is 14.4. The first-order valence-electron chi connectivity index (χ1n) is 7.16. The van der Waals surface area contributed by atoms with E-state index in [1.54, 1.807) is 16.9 Å². The molecule has 4 heteroatoms. The molecule has 0 aliphatic heterocycles. The number of nitrogens with zero attached hydrogens (tertiary/aromatic N) is 2. The van der Waals surface area contributed by atoms with Gasteiger partial charge in [-0.25, -0.2) is 9.07 Å². The fourth-order valence-electron chi connectivity index (χ4n) is 2.54. The third-order valence-electron chi connectivity index (χ3n) is 3.77. The van der Waals surface area contributed by atoms with Gasteiger partial charge in [0.1, 0.15) is 11.5 Å². The summed E-state index contributed by atoms with van der Waals surface area (Å²) in [5.74, 6) is -0.273. The van der Waals surface area contributed by atoms with E-state index in [9.17, 15) is 4.39 Å². The van der Waals surface area contributed by atoms with Gasteiger partial charge in [-0.2, -0.15) is 5.10 Å². The van der Waals surface area contributed by atoms with Crippen molar-refractivity contribution in [1.29, 1.82) is 0 Å². The molecule has 0 fully saturated rings. The highest BCUT2D eigenvalue weighted by Gasteiger charge is 2.15. The molecule has 0 amide bonds. The summed E-state index contributed by atoms with van der Waals surface area (Å²) in [6, 6.07) is 12.9. The predicted octanol–water partition coefficient (Wildman–Crippen LogP) is 3.44. The SMILES string of the molecule is CCC(N)Cc1cccc(F)c1-n1ncc2ccccc21. The Labute approximate surface area is 123 Å². The van der Waals surface area contributed by atoms with E-state index in [1.165, 1.54) is 6.07 Å². The number of fused-ring (bicyclic) bond motifs is 1. The van der Waals surface area contributed by atoms with Crippen LogP contribution in [-0.2, 0) is 6.42 Å². The van der Waals surface area contributed by atoms with Crippen LogP contribution >= 0.6 is 0 Å². The predicted molar refractivity (Wildman–Crippen MR) is 83.0 cm³/mol. The molecule has 0 bridgehead atoms. The molecule has 0 aliphatic carbocycles. The highest BCUT2D eigenvalue weighted by atomic mass is 19.1. The van der Waals surface area contributed by atoms with Crippen molar-refractivity contribution in [2.75, 3.05) is 0 Å². The molecular formula is C17H18FN3. The zero-order valence-corrected chi connectivity index (χ0v) is 12.0. The van der Waals surface area contributed by atoms with Gasteiger partial charge < -0.3 is 5.73 Å². The van der Waals surface area contributed by atoms with E-state index < -0.39 is 0 Å². The maximum Gasteiger partial charge on any atom is 0.149 e. The monoisotopic (exact) mass is 283 g/mol. The minimum Gasteiger partial charge on any atom is -0.327 e. The lowest BCUT2D eigenvalue weighted by molar-refractivity contribution is 0.599. The van der Waals surface area contributed by atoms with Gasteiger partial charge in [0.15, 0.2) is 0 Å². The molecule has 2 N–H and O–H groups in total. The van der Waals surface area contributed by atoms with Crippen LogP contribution in [0.2, 0.25) is 0 Å². The Morgan fingerprint density at radius 3 is 2.81 bits per heavy atom. The zero-order valence-electron chi connectivity index (χ0n) is 12.0. The molecule has 0 saturated carbocycles. The molecule has 0 radical (unpaired) electrons. The fraction of sp³-hybridized carbons (Fsp3) is 0.235. The van der Waals surface area contributed by atoms with Gasteiger partial charge in [0.25, 0.3) is 0 Å². The summed E-state index contributed by atoms with van der Waals surface area (Å²) in [6.07, 6.45) is 3.25. The Morgan fingerprint density at radius 1 is 1.19 bits per heavy atom. The summed E-state index contributed by atoms with van der Waals surface area (Å²) in [5.41, 5.74) is 8.32. The van der Waals surface area contributed by atoms with Crippen LogP contribution in [0.25, 0.3) is 16.6 Å². The van der Waals surface area contributed by atoms with Gasteiger partial charge in [-0.05, 0) is 30.5 Å². The second-order valence-electron chi connectivity index (χ2n) is 5.24. The second kappa shape index (κ2) is 5.66. The molecule has 1 heterocycles. The number of benzene rings is 2. The van der Waals surface area contributed by atoms with E-state index in [4.69, 9.17) is 5.73 Å². The zero-order chi connectivity index (χ0) is 14.8. The molecule has 1 atom stereocenters. The van der Waals surface area contributed by atoms with Crippen LogP contribution in [-0.4, -0.2) is 15.8 Å². The van der Waals surface area contributed by atoms with Crippen molar-refractivity contribution in [2.24, 2.45) is 5.73 Å². The molecular weight excluding hydrogens is 265 g/mol. The van der Waals surface area contributed by atoms with Gasteiger partial charge in [0.2, 0.25) is 0 Å². The molecule has 108 valence electrons. The quantitative estimate of drug-likeness (QED) is 0.797. The first kappa shape index (κ1) is 13.8. The summed E-state index contributed by atoms with van der Waals surface area (Å²) in [4.78, 5) is 0. The summed E-state index contributed by atoms with van der Waals surface area (Å²) in [5, 5.41) is 5.35. The highest BCUT2D eigenvalue weighted by Crippen LogP contribution is 2.24. The second-order valence-corrected chi connectivity index (χ2v) is 5.24. The Kier molecular flexibility index (Phi) is 3.71. The Hall–Kier alpha value is -2.20. The fourth-order valence-corrected chi connectivity index (χ4v) is 2.54. The third kappa shape index (κ3) is 2.54. The Morgan fingerprint density at radius 2 is 2.00 bits per heavy atom. The topological polar surface area (TPSA) is 43.8 Å².